The van der Waals surface area contributed by atoms with Crippen LogP contribution in [0.4, 0.5) is 11.5 Å². The molecule has 8 heteroatoms. The number of anilines is 2. The molecule has 0 saturated carbocycles. The SMILES string of the molecule is C=COCCCNC(=O)c1ccc(C(=O)N2CCN(c3ncccc3NC(C)C)CC2)cc1. The van der Waals surface area contributed by atoms with Crippen LogP contribution in [0.15, 0.2) is 55.4 Å². The molecule has 8 nitrogen and oxygen atoms in total. The van der Waals surface area contributed by atoms with Crippen LogP contribution in [0.3, 0.4) is 0 Å². The summed E-state index contributed by atoms with van der Waals surface area (Å²) < 4.78 is 5.03. The number of nitrogens with one attached hydrogen (secondary N) is 2. The van der Waals surface area contributed by atoms with Crippen molar-refractivity contribution in [1.82, 2.24) is 15.2 Å². The predicted molar refractivity (Wildman–Crippen MR) is 131 cm³/mol. The number of pyridine rings is 1. The lowest BCUT2D eigenvalue weighted by atomic mass is 10.1. The highest BCUT2D eigenvalue weighted by Gasteiger charge is 2.24. The van der Waals surface area contributed by atoms with Gasteiger partial charge in [-0.1, -0.05) is 6.58 Å². The highest BCUT2D eigenvalue weighted by Crippen LogP contribution is 2.25. The number of amides is 2. The zero-order valence-electron chi connectivity index (χ0n) is 19.4. The molecule has 0 unspecified atom stereocenters. The van der Waals surface area contributed by atoms with E-state index >= 15 is 0 Å². The van der Waals surface area contributed by atoms with E-state index in [2.05, 4.69) is 40.9 Å². The largest absolute Gasteiger partial charge is 0.502 e. The van der Waals surface area contributed by atoms with Gasteiger partial charge in [0, 0.05) is 56.1 Å². The van der Waals surface area contributed by atoms with E-state index in [4.69, 9.17) is 4.74 Å². The van der Waals surface area contributed by atoms with Crippen LogP contribution >= 0.6 is 0 Å². The number of carbonyl (C=O) groups excluding carboxylic acids is 2. The van der Waals surface area contributed by atoms with Gasteiger partial charge in [0.25, 0.3) is 11.8 Å². The quantitative estimate of drug-likeness (QED) is 0.426. The molecule has 1 aromatic carbocycles. The monoisotopic (exact) mass is 451 g/mol. The van der Waals surface area contributed by atoms with E-state index in [0.29, 0.717) is 62.9 Å². The molecule has 3 rings (SSSR count). The van der Waals surface area contributed by atoms with Crippen molar-refractivity contribution in [3.05, 3.63) is 66.6 Å². The molecule has 33 heavy (non-hydrogen) atoms. The molecule has 176 valence electrons. The number of ether oxygens (including phenoxy) is 1. The van der Waals surface area contributed by atoms with Gasteiger partial charge in [-0.25, -0.2) is 4.98 Å². The van der Waals surface area contributed by atoms with Crippen LogP contribution in [-0.2, 0) is 4.74 Å². The van der Waals surface area contributed by atoms with E-state index in [1.807, 2.05) is 17.0 Å². The Morgan fingerprint density at radius 1 is 1.12 bits per heavy atom. The van der Waals surface area contributed by atoms with Gasteiger partial charge in [0.2, 0.25) is 0 Å². The van der Waals surface area contributed by atoms with Crippen LogP contribution in [0, 0.1) is 0 Å². The first-order chi connectivity index (χ1) is 16.0. The third-order valence-corrected chi connectivity index (χ3v) is 5.33. The first-order valence-corrected chi connectivity index (χ1v) is 11.4. The number of hydrogen-bond acceptors (Lipinski definition) is 6. The Kier molecular flexibility index (Phi) is 8.69. The Morgan fingerprint density at radius 3 is 2.48 bits per heavy atom. The minimum absolute atomic E-state index is 0.0234. The molecule has 0 spiro atoms. The van der Waals surface area contributed by atoms with E-state index in [9.17, 15) is 9.59 Å². The van der Waals surface area contributed by atoms with E-state index in [1.54, 1.807) is 30.5 Å². The van der Waals surface area contributed by atoms with Crippen molar-refractivity contribution in [1.29, 1.82) is 0 Å². The second-order valence-electron chi connectivity index (χ2n) is 8.18. The summed E-state index contributed by atoms with van der Waals surface area (Å²) in [7, 11) is 0. The standard InChI is InChI=1S/C25H33N5O3/c1-4-33-18-6-13-27-24(31)20-8-10-21(11-9-20)25(32)30-16-14-29(15-17-30)23-22(28-19(2)3)7-5-12-26-23/h4-5,7-12,19,28H,1,6,13-18H2,2-3H3,(H,27,31). The molecule has 2 amide bonds. The molecular formula is C25H33N5O3. The van der Waals surface area contributed by atoms with Crippen molar-refractivity contribution in [2.75, 3.05) is 49.5 Å². The van der Waals surface area contributed by atoms with Gasteiger partial charge in [-0.15, -0.1) is 0 Å². The third-order valence-electron chi connectivity index (χ3n) is 5.33. The Balaban J connectivity index is 1.53. The normalized spacial score (nSPS) is 13.5. The minimum Gasteiger partial charge on any atom is -0.502 e. The van der Waals surface area contributed by atoms with Gasteiger partial charge < -0.3 is 25.2 Å². The van der Waals surface area contributed by atoms with Gasteiger partial charge in [0.1, 0.15) is 0 Å². The van der Waals surface area contributed by atoms with Crippen LogP contribution < -0.4 is 15.5 Å². The summed E-state index contributed by atoms with van der Waals surface area (Å²) >= 11 is 0. The summed E-state index contributed by atoms with van der Waals surface area (Å²) in [5, 5.41) is 6.28. The summed E-state index contributed by atoms with van der Waals surface area (Å²) in [5.41, 5.74) is 2.12. The Morgan fingerprint density at radius 2 is 1.82 bits per heavy atom. The molecule has 0 aliphatic carbocycles. The number of piperazine rings is 1. The van der Waals surface area contributed by atoms with E-state index in [-0.39, 0.29) is 11.8 Å². The Bertz CT molecular complexity index is 937. The van der Waals surface area contributed by atoms with Gasteiger partial charge >= 0.3 is 0 Å². The van der Waals surface area contributed by atoms with Crippen LogP contribution in [0.5, 0.6) is 0 Å². The van der Waals surface area contributed by atoms with E-state index in [1.165, 1.54) is 6.26 Å². The topological polar surface area (TPSA) is 86.8 Å². The highest BCUT2D eigenvalue weighted by atomic mass is 16.5. The number of carbonyl (C=O) groups is 2. The zero-order chi connectivity index (χ0) is 23.6. The van der Waals surface area contributed by atoms with Crippen molar-refractivity contribution in [3.8, 4) is 0 Å². The molecule has 1 saturated heterocycles. The maximum absolute atomic E-state index is 13.0. The first kappa shape index (κ1) is 24.1. The summed E-state index contributed by atoms with van der Waals surface area (Å²) in [6.45, 7) is 11.4. The average molecular weight is 452 g/mol. The number of rotatable bonds is 10. The molecular weight excluding hydrogens is 418 g/mol. The molecule has 0 atom stereocenters. The van der Waals surface area contributed by atoms with Crippen LogP contribution in [0.25, 0.3) is 0 Å². The van der Waals surface area contributed by atoms with Crippen molar-refractivity contribution in [3.63, 3.8) is 0 Å². The number of nitrogens with zero attached hydrogens (tertiary/aromatic N) is 3. The molecule has 2 aromatic rings. The Labute approximate surface area is 195 Å². The predicted octanol–water partition coefficient (Wildman–Crippen LogP) is 3.14. The minimum atomic E-state index is -0.164. The first-order valence-electron chi connectivity index (χ1n) is 11.4. The summed E-state index contributed by atoms with van der Waals surface area (Å²) in [5.74, 6) is 0.733. The van der Waals surface area contributed by atoms with Gasteiger partial charge in [0.15, 0.2) is 5.82 Å². The lowest BCUT2D eigenvalue weighted by Crippen LogP contribution is -2.49. The molecule has 0 bridgehead atoms. The summed E-state index contributed by atoms with van der Waals surface area (Å²) in [6, 6.07) is 11.1. The number of hydrogen-bond donors (Lipinski definition) is 2. The number of aromatic nitrogens is 1. The fourth-order valence-electron chi connectivity index (χ4n) is 3.68. The van der Waals surface area contributed by atoms with Crippen molar-refractivity contribution in [2.45, 2.75) is 26.3 Å². The maximum Gasteiger partial charge on any atom is 0.253 e. The molecule has 2 N–H and O–H groups in total. The van der Waals surface area contributed by atoms with Crippen LogP contribution in [0.2, 0.25) is 0 Å². The van der Waals surface area contributed by atoms with E-state index in [0.717, 1.165) is 11.5 Å². The van der Waals surface area contributed by atoms with Gasteiger partial charge in [-0.05, 0) is 56.7 Å². The molecule has 1 aliphatic rings. The lowest BCUT2D eigenvalue weighted by Gasteiger charge is -2.36. The van der Waals surface area contributed by atoms with Crippen molar-refractivity contribution in [2.24, 2.45) is 0 Å². The highest BCUT2D eigenvalue weighted by molar-refractivity contribution is 5.98. The maximum atomic E-state index is 13.0. The van der Waals surface area contributed by atoms with Gasteiger partial charge in [-0.2, -0.15) is 0 Å². The van der Waals surface area contributed by atoms with Gasteiger partial charge in [0.05, 0.1) is 18.6 Å². The fourth-order valence-corrected chi connectivity index (χ4v) is 3.68. The fraction of sp³-hybridized carbons (Fsp3) is 0.400. The molecule has 1 aliphatic heterocycles. The van der Waals surface area contributed by atoms with Crippen LogP contribution in [-0.4, -0.2) is 67.1 Å². The Hall–Kier alpha value is -3.55. The van der Waals surface area contributed by atoms with Gasteiger partial charge in [-0.3, -0.25) is 9.59 Å². The molecule has 2 heterocycles. The van der Waals surface area contributed by atoms with Crippen molar-refractivity contribution >= 4 is 23.3 Å². The zero-order valence-corrected chi connectivity index (χ0v) is 19.4. The second-order valence-corrected chi connectivity index (χ2v) is 8.18. The second kappa shape index (κ2) is 11.9. The summed E-state index contributed by atoms with van der Waals surface area (Å²) in [4.78, 5) is 33.8. The smallest absolute Gasteiger partial charge is 0.253 e. The number of benzene rings is 1. The van der Waals surface area contributed by atoms with E-state index < -0.39 is 0 Å². The third kappa shape index (κ3) is 6.71. The molecule has 0 radical (unpaired) electrons. The van der Waals surface area contributed by atoms with Crippen molar-refractivity contribution < 1.29 is 14.3 Å². The molecule has 1 fully saturated rings. The lowest BCUT2D eigenvalue weighted by molar-refractivity contribution is 0.0746. The van der Waals surface area contributed by atoms with Crippen LogP contribution in [0.1, 0.15) is 41.0 Å². The summed E-state index contributed by atoms with van der Waals surface area (Å²) in [6.07, 6.45) is 3.89. The molecule has 1 aromatic heterocycles. The average Bonchev–Trinajstić information content (AvgIpc) is 2.83.